The molecule has 3 aromatic rings. The van der Waals surface area contributed by atoms with E-state index in [0.29, 0.717) is 22.3 Å². The van der Waals surface area contributed by atoms with Gasteiger partial charge in [0.1, 0.15) is 11.6 Å². The average Bonchev–Trinajstić information content (AvgIpc) is 2.80. The topological polar surface area (TPSA) is 93.8 Å². The molecule has 0 radical (unpaired) electrons. The monoisotopic (exact) mass is 531 g/mol. The summed E-state index contributed by atoms with van der Waals surface area (Å²) in [5, 5.41) is 14.3. The first-order valence-electron chi connectivity index (χ1n) is 10.8. The molecule has 2 aromatic carbocycles. The molecule has 0 bridgehead atoms. The third-order valence-corrected chi connectivity index (χ3v) is 6.52. The maximum Gasteiger partial charge on any atom is 0.344 e. The Kier molecular flexibility index (Phi) is 7.14. The van der Waals surface area contributed by atoms with Gasteiger partial charge in [-0.05, 0) is 61.7 Å². The zero-order valence-electron chi connectivity index (χ0n) is 18.0. The summed E-state index contributed by atoms with van der Waals surface area (Å²) in [7, 11) is 0. The van der Waals surface area contributed by atoms with Crippen molar-refractivity contribution < 1.29 is 14.6 Å². The highest BCUT2D eigenvalue weighted by molar-refractivity contribution is 9.10. The number of carbonyl (C=O) groups is 1. The van der Waals surface area contributed by atoms with E-state index in [1.54, 1.807) is 30.5 Å². The quantitative estimate of drug-likeness (QED) is 0.417. The zero-order chi connectivity index (χ0) is 23.5. The number of carboxylic acids is 1. The fourth-order valence-electron chi connectivity index (χ4n) is 3.96. The van der Waals surface area contributed by atoms with Gasteiger partial charge in [-0.15, -0.1) is 0 Å². The third-order valence-electron chi connectivity index (χ3n) is 5.73. The van der Waals surface area contributed by atoms with Gasteiger partial charge in [-0.2, -0.15) is 9.78 Å². The fraction of sp³-hybridized carbons (Fsp3) is 0.333. The van der Waals surface area contributed by atoms with Crippen LogP contribution in [0.15, 0.2) is 50.8 Å². The van der Waals surface area contributed by atoms with Gasteiger partial charge in [-0.25, -0.2) is 9.78 Å². The van der Waals surface area contributed by atoms with Gasteiger partial charge in [0.15, 0.2) is 6.10 Å². The molecule has 1 aliphatic rings. The lowest BCUT2D eigenvalue weighted by atomic mass is 9.88. The Morgan fingerprint density at radius 3 is 2.73 bits per heavy atom. The van der Waals surface area contributed by atoms with Gasteiger partial charge in [0.05, 0.1) is 22.1 Å². The average molecular weight is 533 g/mol. The summed E-state index contributed by atoms with van der Waals surface area (Å²) in [5.41, 5.74) is 1.08. The van der Waals surface area contributed by atoms with E-state index in [0.717, 1.165) is 30.2 Å². The number of aromatic nitrogens is 2. The number of hydrogen-bond acceptors (Lipinski definition) is 5. The van der Waals surface area contributed by atoms with E-state index in [1.165, 1.54) is 18.0 Å². The predicted octanol–water partition coefficient (Wildman–Crippen LogP) is 5.59. The number of hydrogen-bond donors (Lipinski definition) is 1. The number of rotatable bonds is 6. The van der Waals surface area contributed by atoms with Crippen molar-refractivity contribution >= 4 is 50.6 Å². The molecule has 33 heavy (non-hydrogen) atoms. The second kappa shape index (κ2) is 10.1. The van der Waals surface area contributed by atoms with Crippen LogP contribution in [0.5, 0.6) is 5.75 Å². The molecule has 0 amide bonds. The van der Waals surface area contributed by atoms with Crippen molar-refractivity contribution in [1.29, 1.82) is 0 Å². The molecule has 172 valence electrons. The van der Waals surface area contributed by atoms with E-state index in [2.05, 4.69) is 21.0 Å². The summed E-state index contributed by atoms with van der Waals surface area (Å²) >= 11 is 9.70. The van der Waals surface area contributed by atoms with Crippen molar-refractivity contribution in [1.82, 2.24) is 9.66 Å². The summed E-state index contributed by atoms with van der Waals surface area (Å²) in [6.45, 7) is 1.43. The molecular formula is C24H23BrClN3O4. The fourth-order valence-corrected chi connectivity index (χ4v) is 4.56. The Hall–Kier alpha value is -2.71. The number of halogens is 2. The molecule has 1 fully saturated rings. The van der Waals surface area contributed by atoms with Crippen LogP contribution in [-0.4, -0.2) is 33.1 Å². The minimum Gasteiger partial charge on any atom is -0.479 e. The number of ether oxygens (including phenoxy) is 1. The van der Waals surface area contributed by atoms with Gasteiger partial charge in [0.2, 0.25) is 0 Å². The standard InChI is InChI=1S/C24H23BrClN3O4/c1-14(24(31)32)33-21-10-7-15(11-19(21)26)13-27-29-22(16-5-3-2-4-6-16)28-20-9-8-17(25)12-18(20)23(29)30/h7-14,16H,2-6H2,1H3,(H,31,32)/t14-/m0/s1. The molecule has 4 rings (SSSR count). The first-order chi connectivity index (χ1) is 15.8. The molecule has 0 spiro atoms. The molecule has 9 heteroatoms. The van der Waals surface area contributed by atoms with Crippen molar-refractivity contribution in [3.05, 3.63) is 67.6 Å². The summed E-state index contributed by atoms with van der Waals surface area (Å²) in [5.74, 6) is 0.0309. The third kappa shape index (κ3) is 5.28. The normalized spacial score (nSPS) is 15.7. The molecule has 1 heterocycles. The number of benzene rings is 2. The minimum absolute atomic E-state index is 0.175. The molecule has 1 aliphatic carbocycles. The Labute approximate surface area is 204 Å². The van der Waals surface area contributed by atoms with Crippen LogP contribution in [0.25, 0.3) is 10.9 Å². The van der Waals surface area contributed by atoms with E-state index >= 15 is 0 Å². The van der Waals surface area contributed by atoms with Gasteiger partial charge < -0.3 is 9.84 Å². The van der Waals surface area contributed by atoms with Crippen molar-refractivity contribution in [2.75, 3.05) is 0 Å². The Morgan fingerprint density at radius 1 is 1.27 bits per heavy atom. The van der Waals surface area contributed by atoms with Crippen molar-refractivity contribution in [2.45, 2.75) is 51.0 Å². The SMILES string of the molecule is C[C@H](Oc1ccc(C=Nn2c(C3CCCCC3)nc3ccc(Br)cc3c2=O)cc1Cl)C(=O)O. The van der Waals surface area contributed by atoms with Crippen LogP contribution in [-0.2, 0) is 4.79 Å². The lowest BCUT2D eigenvalue weighted by Gasteiger charge is -2.22. The van der Waals surface area contributed by atoms with Crippen molar-refractivity contribution in [3.8, 4) is 5.75 Å². The first-order valence-corrected chi connectivity index (χ1v) is 12.0. The van der Waals surface area contributed by atoms with Crippen molar-refractivity contribution in [2.24, 2.45) is 5.10 Å². The number of carboxylic acid groups (broad SMARTS) is 1. The summed E-state index contributed by atoms with van der Waals surface area (Å²) in [6, 6.07) is 10.4. The Bertz CT molecular complexity index is 1280. The summed E-state index contributed by atoms with van der Waals surface area (Å²) < 4.78 is 7.55. The molecule has 1 atom stereocenters. The summed E-state index contributed by atoms with van der Waals surface area (Å²) in [4.78, 5) is 29.2. The van der Waals surface area contributed by atoms with Crippen molar-refractivity contribution in [3.63, 3.8) is 0 Å². The molecule has 0 saturated heterocycles. The van der Waals surface area contributed by atoms with Crippen LogP contribution in [0.2, 0.25) is 5.02 Å². The smallest absolute Gasteiger partial charge is 0.344 e. The second-order valence-electron chi connectivity index (χ2n) is 8.12. The van der Waals surface area contributed by atoms with Gasteiger partial charge in [0.25, 0.3) is 5.56 Å². The lowest BCUT2D eigenvalue weighted by Crippen LogP contribution is -2.25. The first kappa shape index (κ1) is 23.4. The van der Waals surface area contributed by atoms with Gasteiger partial charge >= 0.3 is 5.97 Å². The van der Waals surface area contributed by atoms with Crippen LogP contribution >= 0.6 is 27.5 Å². The molecule has 1 N–H and O–H groups in total. The number of fused-ring (bicyclic) bond motifs is 1. The highest BCUT2D eigenvalue weighted by atomic mass is 79.9. The maximum atomic E-state index is 13.4. The van der Waals surface area contributed by atoms with E-state index < -0.39 is 12.1 Å². The van der Waals surface area contributed by atoms with Gasteiger partial charge in [0, 0.05) is 10.4 Å². The van der Waals surface area contributed by atoms with E-state index in [4.69, 9.17) is 26.4 Å². The lowest BCUT2D eigenvalue weighted by molar-refractivity contribution is -0.144. The number of aliphatic carboxylic acids is 1. The maximum absolute atomic E-state index is 13.4. The zero-order valence-corrected chi connectivity index (χ0v) is 20.3. The largest absolute Gasteiger partial charge is 0.479 e. The van der Waals surface area contributed by atoms with Crippen LogP contribution in [0.3, 0.4) is 0 Å². The van der Waals surface area contributed by atoms with Crippen LogP contribution in [0.1, 0.15) is 56.3 Å². The molecule has 1 saturated carbocycles. The Morgan fingerprint density at radius 2 is 2.03 bits per heavy atom. The van der Waals surface area contributed by atoms with E-state index in [9.17, 15) is 9.59 Å². The molecule has 0 unspecified atom stereocenters. The molecule has 0 aliphatic heterocycles. The predicted molar refractivity (Wildman–Crippen MR) is 132 cm³/mol. The van der Waals surface area contributed by atoms with E-state index in [-0.39, 0.29) is 22.2 Å². The van der Waals surface area contributed by atoms with Crippen LogP contribution in [0.4, 0.5) is 0 Å². The van der Waals surface area contributed by atoms with Gasteiger partial charge in [-0.3, -0.25) is 4.79 Å². The molecular weight excluding hydrogens is 510 g/mol. The number of nitrogens with zero attached hydrogens (tertiary/aromatic N) is 3. The highest BCUT2D eigenvalue weighted by Crippen LogP contribution is 2.32. The Balaban J connectivity index is 1.72. The highest BCUT2D eigenvalue weighted by Gasteiger charge is 2.22. The van der Waals surface area contributed by atoms with Gasteiger partial charge in [-0.1, -0.05) is 46.8 Å². The molecule has 7 nitrogen and oxygen atoms in total. The molecule has 1 aromatic heterocycles. The minimum atomic E-state index is -1.08. The second-order valence-corrected chi connectivity index (χ2v) is 9.44. The van der Waals surface area contributed by atoms with Crippen LogP contribution < -0.4 is 10.3 Å². The van der Waals surface area contributed by atoms with Crippen LogP contribution in [0, 0.1) is 0 Å². The summed E-state index contributed by atoms with van der Waals surface area (Å²) in [6.07, 6.45) is 5.88. The van der Waals surface area contributed by atoms with E-state index in [1.807, 2.05) is 12.1 Å².